The molecule has 17 heavy (non-hydrogen) atoms. The first-order valence-corrected chi connectivity index (χ1v) is 6.70. The maximum Gasteiger partial charge on any atom is 0.204 e. The van der Waals surface area contributed by atoms with E-state index >= 15 is 0 Å². The van der Waals surface area contributed by atoms with Gasteiger partial charge in [-0.1, -0.05) is 41.0 Å². The summed E-state index contributed by atoms with van der Waals surface area (Å²) in [5.41, 5.74) is 0.471. The molecule has 0 radical (unpaired) electrons. The van der Waals surface area contributed by atoms with E-state index < -0.39 is 10.7 Å². The molecule has 0 amide bonds. The van der Waals surface area contributed by atoms with E-state index in [2.05, 4.69) is 15.2 Å². The van der Waals surface area contributed by atoms with Crippen LogP contribution in [-0.2, 0) is 0 Å². The Kier molecular flexibility index (Phi) is 4.36. The highest BCUT2D eigenvalue weighted by molar-refractivity contribution is 8.14. The van der Waals surface area contributed by atoms with Gasteiger partial charge in [0.15, 0.2) is 0 Å². The Morgan fingerprint density at radius 3 is 2.82 bits per heavy atom. The van der Waals surface area contributed by atoms with E-state index in [1.54, 1.807) is 6.07 Å². The van der Waals surface area contributed by atoms with Crippen molar-refractivity contribution in [2.45, 2.75) is 4.84 Å². The van der Waals surface area contributed by atoms with Crippen LogP contribution in [0.4, 0.5) is 10.1 Å². The maximum absolute atomic E-state index is 13.5. The lowest BCUT2D eigenvalue weighted by Gasteiger charge is -2.06. The van der Waals surface area contributed by atoms with Gasteiger partial charge in [0.1, 0.15) is 10.7 Å². The van der Waals surface area contributed by atoms with Crippen molar-refractivity contribution in [2.75, 3.05) is 12.3 Å². The molecular weight excluding hydrogens is 284 g/mol. The third-order valence-corrected chi connectivity index (χ3v) is 3.35. The van der Waals surface area contributed by atoms with Crippen LogP contribution in [0.2, 0.25) is 0 Å². The second-order valence-electron chi connectivity index (χ2n) is 3.19. The summed E-state index contributed by atoms with van der Waals surface area (Å²) in [6, 6.07) is 4.43. The summed E-state index contributed by atoms with van der Waals surface area (Å²) in [7, 11) is 0. The smallest absolute Gasteiger partial charge is 0.204 e. The van der Waals surface area contributed by atoms with Crippen LogP contribution in [0.25, 0.3) is 0 Å². The number of aliphatic imine (C=N–C) groups is 1. The molecule has 0 aromatic heterocycles. The summed E-state index contributed by atoms with van der Waals surface area (Å²) in [5, 5.41) is 8.46. The third-order valence-electron chi connectivity index (χ3n) is 2.06. The van der Waals surface area contributed by atoms with Crippen LogP contribution >= 0.6 is 35.0 Å². The highest BCUT2D eigenvalue weighted by atomic mass is 35.5. The van der Waals surface area contributed by atoms with Crippen molar-refractivity contribution in [3.05, 3.63) is 29.6 Å². The van der Waals surface area contributed by atoms with E-state index in [-0.39, 0.29) is 5.56 Å². The van der Waals surface area contributed by atoms with Crippen molar-refractivity contribution >= 4 is 45.8 Å². The first-order valence-electron chi connectivity index (χ1n) is 4.84. The molecule has 0 atom stereocenters. The van der Waals surface area contributed by atoms with Crippen molar-refractivity contribution in [2.24, 2.45) is 15.2 Å². The number of rotatable bonds is 2. The van der Waals surface area contributed by atoms with Gasteiger partial charge in [-0.25, -0.2) is 4.39 Å². The number of alkyl halides is 2. The number of amidine groups is 1. The normalized spacial score (nSPS) is 15.9. The fourth-order valence-electron chi connectivity index (χ4n) is 1.31. The first kappa shape index (κ1) is 12.8. The first-order chi connectivity index (χ1) is 8.18. The summed E-state index contributed by atoms with van der Waals surface area (Å²) in [4.78, 5) is 3.14. The summed E-state index contributed by atoms with van der Waals surface area (Å²) >= 11 is 12.9. The number of hydrogen-bond donors (Lipinski definition) is 0. The number of azo groups is 1. The molecule has 1 aromatic rings. The number of hydrogen-bond acceptors (Lipinski definition) is 4. The van der Waals surface area contributed by atoms with Gasteiger partial charge >= 0.3 is 0 Å². The van der Waals surface area contributed by atoms with Gasteiger partial charge in [0.05, 0.1) is 12.2 Å². The van der Waals surface area contributed by atoms with Crippen LogP contribution in [0.3, 0.4) is 0 Å². The summed E-state index contributed by atoms with van der Waals surface area (Å²) < 4.78 is 13.5. The highest BCUT2D eigenvalue weighted by Crippen LogP contribution is 2.35. The number of thioether (sulfide) groups is 1. The second kappa shape index (κ2) is 5.80. The lowest BCUT2D eigenvalue weighted by molar-refractivity contribution is 0.616. The zero-order valence-electron chi connectivity index (χ0n) is 8.61. The zero-order valence-corrected chi connectivity index (χ0v) is 10.9. The van der Waals surface area contributed by atoms with Crippen molar-refractivity contribution in [1.82, 2.24) is 0 Å². The molecule has 0 fully saturated rings. The molecular formula is C10H8Cl2FN3S. The molecule has 0 spiro atoms. The van der Waals surface area contributed by atoms with Gasteiger partial charge in [-0.15, -0.1) is 10.2 Å². The van der Waals surface area contributed by atoms with Crippen LogP contribution in [0.5, 0.6) is 0 Å². The minimum atomic E-state index is -0.969. The number of benzene rings is 1. The SMILES string of the molecule is Fc1cccc(/N=N/C2=NCCS2)c1C(Cl)Cl. The van der Waals surface area contributed by atoms with Gasteiger partial charge in [-0.3, -0.25) is 4.99 Å². The topological polar surface area (TPSA) is 37.1 Å². The van der Waals surface area contributed by atoms with Crippen LogP contribution in [0.1, 0.15) is 10.4 Å². The molecule has 0 bridgehead atoms. The minimum absolute atomic E-state index is 0.142. The van der Waals surface area contributed by atoms with Crippen molar-refractivity contribution < 1.29 is 4.39 Å². The molecule has 2 rings (SSSR count). The second-order valence-corrected chi connectivity index (χ2v) is 5.34. The quantitative estimate of drug-likeness (QED) is 0.584. The standard InChI is InChI=1S/C10H8Cl2FN3S/c11-9(12)8-6(13)2-1-3-7(8)15-16-10-14-4-5-17-10/h1-3,9H,4-5H2/b16-15+. The van der Waals surface area contributed by atoms with E-state index in [4.69, 9.17) is 23.2 Å². The van der Waals surface area contributed by atoms with Crippen LogP contribution < -0.4 is 0 Å². The fourth-order valence-corrected chi connectivity index (χ4v) is 2.39. The van der Waals surface area contributed by atoms with Gasteiger partial charge in [-0.05, 0) is 12.1 Å². The van der Waals surface area contributed by atoms with E-state index in [9.17, 15) is 4.39 Å². The monoisotopic (exact) mass is 291 g/mol. The van der Waals surface area contributed by atoms with Gasteiger partial charge in [0, 0.05) is 11.3 Å². The minimum Gasteiger partial charge on any atom is -0.258 e. The van der Waals surface area contributed by atoms with E-state index in [1.165, 1.54) is 23.9 Å². The Morgan fingerprint density at radius 1 is 1.35 bits per heavy atom. The molecule has 90 valence electrons. The molecule has 1 aliphatic heterocycles. The lowest BCUT2D eigenvalue weighted by atomic mass is 10.2. The Bertz CT molecular complexity index is 477. The predicted octanol–water partition coefficient (Wildman–Crippen LogP) is 4.49. The van der Waals surface area contributed by atoms with E-state index in [1.807, 2.05) is 0 Å². The van der Waals surface area contributed by atoms with Crippen molar-refractivity contribution in [3.63, 3.8) is 0 Å². The Morgan fingerprint density at radius 2 is 2.18 bits per heavy atom. The maximum atomic E-state index is 13.5. The fraction of sp³-hybridized carbons (Fsp3) is 0.300. The molecule has 0 saturated carbocycles. The van der Waals surface area contributed by atoms with E-state index in [0.29, 0.717) is 10.9 Å². The molecule has 1 aliphatic rings. The molecule has 7 heteroatoms. The lowest BCUT2D eigenvalue weighted by Crippen LogP contribution is -1.89. The van der Waals surface area contributed by atoms with Gasteiger partial charge in [-0.2, -0.15) is 0 Å². The summed E-state index contributed by atoms with van der Waals surface area (Å²) in [6.45, 7) is 0.739. The average molecular weight is 292 g/mol. The number of halogens is 3. The van der Waals surface area contributed by atoms with Crippen molar-refractivity contribution in [1.29, 1.82) is 0 Å². The Labute approximate surface area is 112 Å². The van der Waals surface area contributed by atoms with Gasteiger partial charge < -0.3 is 0 Å². The molecule has 0 saturated heterocycles. The average Bonchev–Trinajstić information content (AvgIpc) is 2.78. The molecule has 1 heterocycles. The van der Waals surface area contributed by atoms with Crippen LogP contribution in [0, 0.1) is 5.82 Å². The number of nitrogens with zero attached hydrogens (tertiary/aromatic N) is 3. The molecule has 0 unspecified atom stereocenters. The predicted molar refractivity (Wildman–Crippen MR) is 70.1 cm³/mol. The molecule has 3 nitrogen and oxygen atoms in total. The van der Waals surface area contributed by atoms with E-state index in [0.717, 1.165) is 12.3 Å². The Balaban J connectivity index is 2.28. The largest absolute Gasteiger partial charge is 0.258 e. The molecule has 0 N–H and O–H groups in total. The molecule has 1 aromatic carbocycles. The summed E-state index contributed by atoms with van der Waals surface area (Å²) in [6.07, 6.45) is 0. The van der Waals surface area contributed by atoms with Gasteiger partial charge in [0.25, 0.3) is 0 Å². The zero-order chi connectivity index (χ0) is 12.3. The van der Waals surface area contributed by atoms with Crippen LogP contribution in [-0.4, -0.2) is 17.5 Å². The third kappa shape index (κ3) is 3.18. The van der Waals surface area contributed by atoms with Crippen molar-refractivity contribution in [3.8, 4) is 0 Å². The molecule has 0 aliphatic carbocycles. The highest BCUT2D eigenvalue weighted by Gasteiger charge is 2.15. The van der Waals surface area contributed by atoms with Gasteiger partial charge in [0.2, 0.25) is 5.17 Å². The summed E-state index contributed by atoms with van der Waals surface area (Å²) in [5.74, 6) is 0.412. The Hall–Kier alpha value is -0.650. The van der Waals surface area contributed by atoms with Crippen LogP contribution in [0.15, 0.2) is 33.4 Å².